The first-order valence-corrected chi connectivity index (χ1v) is 11.3. The van der Waals surface area contributed by atoms with Gasteiger partial charge in [-0.1, -0.05) is 18.2 Å². The Kier molecular flexibility index (Phi) is 5.86. The van der Waals surface area contributed by atoms with Crippen LogP contribution < -0.4 is 14.4 Å². The minimum atomic E-state index is -0.782. The summed E-state index contributed by atoms with van der Waals surface area (Å²) in [5.74, 6) is -0.224. The van der Waals surface area contributed by atoms with E-state index in [1.807, 2.05) is 24.1 Å². The summed E-state index contributed by atoms with van der Waals surface area (Å²) < 4.78 is 10.9. The largest absolute Gasteiger partial charge is 0.507 e. The van der Waals surface area contributed by atoms with Gasteiger partial charge < -0.3 is 24.4 Å². The van der Waals surface area contributed by atoms with Crippen LogP contribution >= 0.6 is 0 Å². The Hall–Kier alpha value is -4.33. The molecular weight excluding hydrogens is 446 g/mol. The van der Waals surface area contributed by atoms with Gasteiger partial charge in [0.25, 0.3) is 11.7 Å². The molecule has 1 atom stereocenters. The zero-order chi connectivity index (χ0) is 24.5. The predicted octanol–water partition coefficient (Wildman–Crippen LogP) is 3.54. The standard InChI is InChI=1S/C27H25N3O5/c1-29-12-13-35-22-10-7-18(14-21(22)29)25(31)23-24(19-4-3-11-28-15-19)30(27(33)26(23)32)16-17-5-8-20(34-2)9-6-17/h3-11,14-15,24,31H,12-13,16H2,1-2H3/b25-23-. The van der Waals surface area contributed by atoms with Crippen LogP contribution in [0.15, 0.2) is 72.6 Å². The average Bonchev–Trinajstić information content (AvgIpc) is 3.14. The molecule has 3 heterocycles. The van der Waals surface area contributed by atoms with Crippen LogP contribution in [0.5, 0.6) is 11.5 Å². The number of methoxy groups -OCH3 is 1. The second-order valence-electron chi connectivity index (χ2n) is 8.51. The molecule has 2 aliphatic rings. The molecule has 0 saturated carbocycles. The average molecular weight is 472 g/mol. The number of carbonyl (C=O) groups excluding carboxylic acids is 2. The van der Waals surface area contributed by atoms with Gasteiger partial charge >= 0.3 is 0 Å². The normalized spacial score (nSPS) is 18.9. The number of pyridine rings is 1. The van der Waals surface area contributed by atoms with Gasteiger partial charge in [-0.15, -0.1) is 0 Å². The maximum absolute atomic E-state index is 13.3. The van der Waals surface area contributed by atoms with E-state index in [2.05, 4.69) is 4.98 Å². The number of Topliss-reactive ketones (excluding diaryl/α,β-unsaturated/α-hetero) is 1. The summed E-state index contributed by atoms with van der Waals surface area (Å²) in [6.45, 7) is 1.47. The third-order valence-corrected chi connectivity index (χ3v) is 6.38. The van der Waals surface area contributed by atoms with Crippen LogP contribution in [-0.2, 0) is 16.1 Å². The summed E-state index contributed by atoms with van der Waals surface area (Å²) in [5, 5.41) is 11.4. The summed E-state index contributed by atoms with van der Waals surface area (Å²) >= 11 is 0. The number of aliphatic hydroxyl groups excluding tert-OH is 1. The number of anilines is 1. The van der Waals surface area contributed by atoms with Crippen LogP contribution in [0.3, 0.4) is 0 Å². The summed E-state index contributed by atoms with van der Waals surface area (Å²) in [6.07, 6.45) is 3.23. The summed E-state index contributed by atoms with van der Waals surface area (Å²) in [7, 11) is 3.52. The lowest BCUT2D eigenvalue weighted by molar-refractivity contribution is -0.140. The Bertz CT molecular complexity index is 1300. The number of aromatic nitrogens is 1. The zero-order valence-electron chi connectivity index (χ0n) is 19.5. The molecular formula is C27H25N3O5. The molecule has 5 rings (SSSR count). The van der Waals surface area contributed by atoms with E-state index in [4.69, 9.17) is 9.47 Å². The molecule has 2 aliphatic heterocycles. The first-order chi connectivity index (χ1) is 17.0. The predicted molar refractivity (Wildman–Crippen MR) is 130 cm³/mol. The van der Waals surface area contributed by atoms with Crippen LogP contribution in [0.1, 0.15) is 22.7 Å². The minimum Gasteiger partial charge on any atom is -0.507 e. The Balaban J connectivity index is 1.60. The molecule has 1 N–H and O–H groups in total. The number of carbonyl (C=O) groups is 2. The lowest BCUT2D eigenvalue weighted by Gasteiger charge is -2.28. The second kappa shape index (κ2) is 9.13. The fourth-order valence-electron chi connectivity index (χ4n) is 4.51. The zero-order valence-corrected chi connectivity index (χ0v) is 19.5. The fraction of sp³-hybridized carbons (Fsp3) is 0.222. The number of benzene rings is 2. The Morgan fingerprint density at radius 2 is 1.97 bits per heavy atom. The molecule has 0 aliphatic carbocycles. The number of fused-ring (bicyclic) bond motifs is 1. The van der Waals surface area contributed by atoms with Crippen molar-refractivity contribution in [3.8, 4) is 11.5 Å². The van der Waals surface area contributed by atoms with Crippen molar-refractivity contribution in [3.63, 3.8) is 0 Å². The van der Waals surface area contributed by atoms with Gasteiger partial charge in [-0.05, 0) is 47.5 Å². The van der Waals surface area contributed by atoms with Crippen LogP contribution in [-0.4, -0.2) is 54.0 Å². The van der Waals surface area contributed by atoms with Gasteiger partial charge in [0.1, 0.15) is 23.9 Å². The first-order valence-electron chi connectivity index (χ1n) is 11.3. The number of ether oxygens (including phenoxy) is 2. The number of likely N-dealkylation sites (tertiary alicyclic amines) is 1. The first kappa shape index (κ1) is 22.5. The smallest absolute Gasteiger partial charge is 0.295 e. The van der Waals surface area contributed by atoms with E-state index in [1.165, 1.54) is 4.90 Å². The molecule has 1 aromatic heterocycles. The number of hydrogen-bond acceptors (Lipinski definition) is 7. The molecule has 8 nitrogen and oxygen atoms in total. The van der Waals surface area contributed by atoms with Crippen LogP contribution in [0, 0.1) is 0 Å². The van der Waals surface area contributed by atoms with E-state index in [-0.39, 0.29) is 17.9 Å². The molecule has 8 heteroatoms. The molecule has 0 bridgehead atoms. The van der Waals surface area contributed by atoms with Gasteiger partial charge in [0.15, 0.2) is 0 Å². The van der Waals surface area contributed by atoms with Gasteiger partial charge in [-0.3, -0.25) is 14.6 Å². The molecule has 0 radical (unpaired) electrons. The minimum absolute atomic E-state index is 0.0378. The topological polar surface area (TPSA) is 92.2 Å². The highest BCUT2D eigenvalue weighted by atomic mass is 16.5. The number of ketones is 1. The highest BCUT2D eigenvalue weighted by molar-refractivity contribution is 6.46. The molecule has 2 aromatic carbocycles. The van der Waals surface area contributed by atoms with Gasteiger partial charge in [0, 0.05) is 31.5 Å². The van der Waals surface area contributed by atoms with Gasteiger partial charge in [-0.2, -0.15) is 0 Å². The number of nitrogens with zero attached hydrogens (tertiary/aromatic N) is 3. The second-order valence-corrected chi connectivity index (χ2v) is 8.51. The number of rotatable bonds is 5. The third-order valence-electron chi connectivity index (χ3n) is 6.38. The molecule has 0 spiro atoms. The number of amides is 1. The highest BCUT2D eigenvalue weighted by Gasteiger charge is 2.46. The maximum atomic E-state index is 13.3. The van der Waals surface area contributed by atoms with Crippen molar-refractivity contribution < 1.29 is 24.2 Å². The Morgan fingerprint density at radius 1 is 1.17 bits per heavy atom. The Morgan fingerprint density at radius 3 is 2.69 bits per heavy atom. The van der Waals surface area contributed by atoms with Crippen molar-refractivity contribution in [1.29, 1.82) is 0 Å². The SMILES string of the molecule is COc1ccc(CN2C(=O)C(=O)/C(=C(\O)c3ccc4c(c3)N(C)CCO4)C2c2cccnc2)cc1. The lowest BCUT2D eigenvalue weighted by atomic mass is 9.95. The van der Waals surface area contributed by atoms with Crippen molar-refractivity contribution in [2.75, 3.05) is 32.2 Å². The van der Waals surface area contributed by atoms with Gasteiger partial charge in [-0.25, -0.2) is 0 Å². The molecule has 3 aromatic rings. The van der Waals surface area contributed by atoms with E-state index >= 15 is 0 Å². The highest BCUT2D eigenvalue weighted by Crippen LogP contribution is 2.41. The molecule has 1 unspecified atom stereocenters. The quantitative estimate of drug-likeness (QED) is 0.346. The molecule has 1 saturated heterocycles. The van der Waals surface area contributed by atoms with E-state index < -0.39 is 17.7 Å². The van der Waals surface area contributed by atoms with Crippen LogP contribution in [0.2, 0.25) is 0 Å². The van der Waals surface area contributed by atoms with Crippen molar-refractivity contribution in [2.24, 2.45) is 0 Å². The van der Waals surface area contributed by atoms with Crippen molar-refractivity contribution in [3.05, 3.63) is 89.3 Å². The van der Waals surface area contributed by atoms with Crippen molar-refractivity contribution in [2.45, 2.75) is 12.6 Å². The van der Waals surface area contributed by atoms with Gasteiger partial charge in [0.2, 0.25) is 0 Å². The number of aliphatic hydroxyl groups is 1. The number of likely N-dealkylation sites (N-methyl/N-ethyl adjacent to an activating group) is 1. The molecule has 1 amide bonds. The summed E-state index contributed by atoms with van der Waals surface area (Å²) in [6, 6.07) is 15.3. The van der Waals surface area contributed by atoms with Crippen molar-refractivity contribution >= 4 is 23.1 Å². The molecule has 178 valence electrons. The van der Waals surface area contributed by atoms with Gasteiger partial charge in [0.05, 0.1) is 31.0 Å². The summed E-state index contributed by atoms with van der Waals surface area (Å²) in [5.41, 5.74) is 2.76. The Labute approximate surface area is 203 Å². The van der Waals surface area contributed by atoms with E-state index in [1.54, 1.807) is 62.0 Å². The molecule has 35 heavy (non-hydrogen) atoms. The van der Waals surface area contributed by atoms with Crippen molar-refractivity contribution in [1.82, 2.24) is 9.88 Å². The fourth-order valence-corrected chi connectivity index (χ4v) is 4.51. The van der Waals surface area contributed by atoms with Crippen LogP contribution in [0.4, 0.5) is 5.69 Å². The van der Waals surface area contributed by atoms with E-state index in [0.717, 1.165) is 11.3 Å². The third kappa shape index (κ3) is 4.07. The van der Waals surface area contributed by atoms with E-state index in [9.17, 15) is 14.7 Å². The monoisotopic (exact) mass is 471 g/mol. The summed E-state index contributed by atoms with van der Waals surface area (Å²) in [4.78, 5) is 34.2. The van der Waals surface area contributed by atoms with E-state index in [0.29, 0.717) is 35.8 Å². The molecule has 1 fully saturated rings. The number of hydrogen-bond donors (Lipinski definition) is 1. The lowest BCUT2D eigenvalue weighted by Crippen LogP contribution is -2.29. The van der Waals surface area contributed by atoms with Crippen LogP contribution in [0.25, 0.3) is 5.76 Å². The maximum Gasteiger partial charge on any atom is 0.295 e.